The van der Waals surface area contributed by atoms with Crippen molar-refractivity contribution in [3.05, 3.63) is 11.4 Å². The Bertz CT molecular complexity index is 389. The summed E-state index contributed by atoms with van der Waals surface area (Å²) >= 11 is 0. The number of nitrogens with two attached hydrogens (primary N) is 1. The van der Waals surface area contributed by atoms with Crippen molar-refractivity contribution in [3.63, 3.8) is 0 Å². The predicted octanol–water partition coefficient (Wildman–Crippen LogP) is 3.31. The smallest absolute Gasteiger partial charge is 0.135 e. The summed E-state index contributed by atoms with van der Waals surface area (Å²) in [4.78, 5) is 8.86. The Balaban J connectivity index is 3.13. The summed E-state index contributed by atoms with van der Waals surface area (Å²) in [6, 6.07) is 0. The molecule has 0 saturated carbocycles. The van der Waals surface area contributed by atoms with Crippen LogP contribution >= 0.6 is 0 Å². The summed E-state index contributed by atoms with van der Waals surface area (Å²) in [5, 5.41) is 3.59. The van der Waals surface area contributed by atoms with Crippen LogP contribution in [-0.4, -0.2) is 15.5 Å². The predicted molar refractivity (Wildman–Crippen MR) is 77.8 cm³/mol. The van der Waals surface area contributed by atoms with Gasteiger partial charge >= 0.3 is 0 Å². The van der Waals surface area contributed by atoms with Gasteiger partial charge in [-0.2, -0.15) is 0 Å². The van der Waals surface area contributed by atoms with Crippen molar-refractivity contribution in [1.29, 1.82) is 0 Å². The molecule has 0 atom stereocenters. The summed E-state index contributed by atoms with van der Waals surface area (Å²) in [7, 11) is 0. The third-order valence-corrected chi connectivity index (χ3v) is 3.96. The van der Waals surface area contributed by atoms with Crippen molar-refractivity contribution in [3.8, 4) is 0 Å². The SMILES string of the molecule is CCc1nc(N)c(C)c(NC(CC)(CC)CC)n1. The van der Waals surface area contributed by atoms with Crippen LogP contribution in [0, 0.1) is 6.92 Å². The molecule has 1 rings (SSSR count). The fraction of sp³-hybridized carbons (Fsp3) is 0.714. The van der Waals surface area contributed by atoms with Gasteiger partial charge in [0.2, 0.25) is 0 Å². The van der Waals surface area contributed by atoms with Crippen molar-refractivity contribution in [1.82, 2.24) is 9.97 Å². The molecule has 1 aromatic rings. The largest absolute Gasteiger partial charge is 0.383 e. The third-order valence-electron chi connectivity index (χ3n) is 3.96. The number of hydrogen-bond acceptors (Lipinski definition) is 4. The Hall–Kier alpha value is -1.32. The molecule has 4 nitrogen and oxygen atoms in total. The van der Waals surface area contributed by atoms with Gasteiger partial charge in [-0.3, -0.25) is 0 Å². The van der Waals surface area contributed by atoms with Crippen LogP contribution in [0.4, 0.5) is 11.6 Å². The number of nitrogen functional groups attached to an aromatic ring is 1. The average Bonchev–Trinajstić information content (AvgIpc) is 2.40. The van der Waals surface area contributed by atoms with Crippen molar-refractivity contribution in [2.75, 3.05) is 11.1 Å². The van der Waals surface area contributed by atoms with Crippen LogP contribution < -0.4 is 11.1 Å². The van der Waals surface area contributed by atoms with Crippen molar-refractivity contribution in [2.24, 2.45) is 0 Å². The molecule has 1 aromatic heterocycles. The van der Waals surface area contributed by atoms with E-state index in [2.05, 4.69) is 36.1 Å². The minimum absolute atomic E-state index is 0.108. The highest BCUT2D eigenvalue weighted by Gasteiger charge is 2.25. The molecule has 18 heavy (non-hydrogen) atoms. The maximum absolute atomic E-state index is 5.95. The molecule has 1 heterocycles. The average molecular weight is 250 g/mol. The van der Waals surface area contributed by atoms with Crippen molar-refractivity contribution < 1.29 is 0 Å². The van der Waals surface area contributed by atoms with E-state index in [0.29, 0.717) is 5.82 Å². The summed E-state index contributed by atoms with van der Waals surface area (Å²) in [6.45, 7) is 10.6. The number of aryl methyl sites for hydroxylation is 1. The second kappa shape index (κ2) is 6.03. The van der Waals surface area contributed by atoms with E-state index in [1.807, 2.05) is 13.8 Å². The molecule has 3 N–H and O–H groups in total. The van der Waals surface area contributed by atoms with E-state index in [9.17, 15) is 0 Å². The van der Waals surface area contributed by atoms with Crippen LogP contribution in [0.1, 0.15) is 58.3 Å². The van der Waals surface area contributed by atoms with Crippen LogP contribution in [-0.2, 0) is 6.42 Å². The molecule has 0 spiro atoms. The fourth-order valence-corrected chi connectivity index (χ4v) is 2.13. The molecule has 102 valence electrons. The maximum Gasteiger partial charge on any atom is 0.135 e. The number of nitrogens with zero attached hydrogens (tertiary/aromatic N) is 2. The van der Waals surface area contributed by atoms with Gasteiger partial charge in [0.05, 0.1) is 0 Å². The van der Waals surface area contributed by atoms with Crippen molar-refractivity contribution >= 4 is 11.6 Å². The van der Waals surface area contributed by atoms with E-state index < -0.39 is 0 Å². The van der Waals surface area contributed by atoms with Crippen LogP contribution in [0.25, 0.3) is 0 Å². The first-order valence-electron chi connectivity index (χ1n) is 6.93. The molecule has 0 radical (unpaired) electrons. The second-order valence-corrected chi connectivity index (χ2v) is 4.82. The Morgan fingerprint density at radius 1 is 1.06 bits per heavy atom. The zero-order valence-corrected chi connectivity index (χ0v) is 12.3. The minimum Gasteiger partial charge on any atom is -0.383 e. The van der Waals surface area contributed by atoms with Crippen LogP contribution in [0.2, 0.25) is 0 Å². The van der Waals surface area contributed by atoms with Crippen molar-refractivity contribution in [2.45, 2.75) is 65.8 Å². The Labute approximate surface area is 110 Å². The number of nitrogens with one attached hydrogen (secondary N) is 1. The molecule has 4 heteroatoms. The van der Waals surface area contributed by atoms with Gasteiger partial charge in [-0.25, -0.2) is 9.97 Å². The van der Waals surface area contributed by atoms with E-state index in [-0.39, 0.29) is 5.54 Å². The van der Waals surface area contributed by atoms with Gasteiger partial charge in [0.15, 0.2) is 0 Å². The van der Waals surface area contributed by atoms with Gasteiger partial charge in [0, 0.05) is 17.5 Å². The molecule has 0 aliphatic rings. The second-order valence-electron chi connectivity index (χ2n) is 4.82. The van der Waals surface area contributed by atoms with E-state index in [1.165, 1.54) is 0 Å². The lowest BCUT2D eigenvalue weighted by Crippen LogP contribution is -2.37. The lowest BCUT2D eigenvalue weighted by Gasteiger charge is -2.33. The van der Waals surface area contributed by atoms with E-state index in [0.717, 1.165) is 42.9 Å². The van der Waals surface area contributed by atoms with Gasteiger partial charge in [-0.1, -0.05) is 27.7 Å². The lowest BCUT2D eigenvalue weighted by molar-refractivity contribution is 0.418. The molecule has 0 aromatic carbocycles. The Morgan fingerprint density at radius 3 is 2.06 bits per heavy atom. The monoisotopic (exact) mass is 250 g/mol. The maximum atomic E-state index is 5.95. The Morgan fingerprint density at radius 2 is 1.61 bits per heavy atom. The molecular formula is C14H26N4. The standard InChI is InChI=1S/C14H26N4/c1-6-11-16-12(15)10(5)13(17-11)18-14(7-2,8-3)9-4/h6-9H2,1-5H3,(H3,15,16,17,18). The first-order chi connectivity index (χ1) is 8.51. The summed E-state index contributed by atoms with van der Waals surface area (Å²) in [6.07, 6.45) is 4.02. The lowest BCUT2D eigenvalue weighted by atomic mass is 9.89. The zero-order valence-electron chi connectivity index (χ0n) is 12.3. The van der Waals surface area contributed by atoms with Gasteiger partial charge < -0.3 is 11.1 Å². The van der Waals surface area contributed by atoms with E-state index in [4.69, 9.17) is 5.73 Å². The van der Waals surface area contributed by atoms with Crippen LogP contribution in [0.15, 0.2) is 0 Å². The fourth-order valence-electron chi connectivity index (χ4n) is 2.13. The number of anilines is 2. The van der Waals surface area contributed by atoms with Crippen LogP contribution in [0.5, 0.6) is 0 Å². The van der Waals surface area contributed by atoms with E-state index >= 15 is 0 Å². The molecule has 0 bridgehead atoms. The summed E-state index contributed by atoms with van der Waals surface area (Å²) in [5.74, 6) is 2.28. The molecule has 0 unspecified atom stereocenters. The highest BCUT2D eigenvalue weighted by atomic mass is 15.1. The van der Waals surface area contributed by atoms with Gasteiger partial charge in [-0.15, -0.1) is 0 Å². The number of aromatic nitrogens is 2. The quantitative estimate of drug-likeness (QED) is 0.813. The van der Waals surface area contributed by atoms with E-state index in [1.54, 1.807) is 0 Å². The molecule has 0 amide bonds. The Kier molecular flexibility index (Phi) is 4.93. The third kappa shape index (κ3) is 2.92. The summed E-state index contributed by atoms with van der Waals surface area (Å²) < 4.78 is 0. The molecular weight excluding hydrogens is 224 g/mol. The van der Waals surface area contributed by atoms with Gasteiger partial charge in [0.25, 0.3) is 0 Å². The molecule has 0 aliphatic carbocycles. The molecule has 0 fully saturated rings. The van der Waals surface area contributed by atoms with Crippen LogP contribution in [0.3, 0.4) is 0 Å². The first kappa shape index (κ1) is 14.7. The highest BCUT2D eigenvalue weighted by Crippen LogP contribution is 2.27. The summed E-state index contributed by atoms with van der Waals surface area (Å²) in [5.41, 5.74) is 7.01. The first-order valence-corrected chi connectivity index (χ1v) is 6.93. The normalized spacial score (nSPS) is 11.6. The number of hydrogen-bond donors (Lipinski definition) is 2. The molecule has 0 aliphatic heterocycles. The van der Waals surface area contributed by atoms with Gasteiger partial charge in [0.1, 0.15) is 17.5 Å². The van der Waals surface area contributed by atoms with Gasteiger partial charge in [-0.05, 0) is 26.2 Å². The zero-order chi connectivity index (χ0) is 13.8. The minimum atomic E-state index is 0.108. The molecule has 0 saturated heterocycles. The number of rotatable bonds is 6. The topological polar surface area (TPSA) is 63.8 Å². The highest BCUT2D eigenvalue weighted by molar-refractivity contribution is 5.56.